The Morgan fingerprint density at radius 2 is 2.00 bits per heavy atom. The Bertz CT molecular complexity index is 114. The molecule has 3 heteroatoms. The van der Waals surface area contributed by atoms with Gasteiger partial charge in [0.2, 0.25) is 0 Å². The second-order valence-corrected chi connectivity index (χ2v) is 5.79. The highest BCUT2D eigenvalue weighted by atomic mass is 31.2. The minimum atomic E-state index is -1.94. The van der Waals surface area contributed by atoms with Crippen molar-refractivity contribution in [2.75, 3.05) is 19.5 Å². The Balaban J connectivity index is 3.40. The van der Waals surface area contributed by atoms with Gasteiger partial charge in [-0.1, -0.05) is 0 Å². The van der Waals surface area contributed by atoms with Crippen LogP contribution in [0.25, 0.3) is 0 Å². The fourth-order valence-electron chi connectivity index (χ4n) is 0.315. The molecule has 0 aromatic heterocycles. The molecule has 0 atom stereocenters. The molecular formula is C5H10O2P. The van der Waals surface area contributed by atoms with E-state index in [1.54, 1.807) is 19.6 Å². The van der Waals surface area contributed by atoms with E-state index in [2.05, 4.69) is 0 Å². The normalized spacial score (nSPS) is 11.2. The minimum Gasteiger partial charge on any atom is -0.324 e. The van der Waals surface area contributed by atoms with Crippen molar-refractivity contribution >= 4 is 13.4 Å². The predicted molar refractivity (Wildman–Crippen MR) is 34.6 cm³/mol. The lowest BCUT2D eigenvalue weighted by atomic mass is 10.6. The zero-order valence-electron chi connectivity index (χ0n) is 5.18. The Labute approximate surface area is 49.7 Å². The average molecular weight is 133 g/mol. The summed E-state index contributed by atoms with van der Waals surface area (Å²) in [5, 5.41) is 0. The molecule has 0 saturated carbocycles. The third-order valence-electron chi connectivity index (χ3n) is 0.752. The van der Waals surface area contributed by atoms with Gasteiger partial charge in [-0.15, -0.1) is 0 Å². The zero-order valence-corrected chi connectivity index (χ0v) is 6.07. The number of rotatable bonds is 3. The van der Waals surface area contributed by atoms with Gasteiger partial charge in [0.15, 0.2) is 6.29 Å². The molecule has 0 fully saturated rings. The van der Waals surface area contributed by atoms with Crippen molar-refractivity contribution in [2.45, 2.75) is 6.42 Å². The molecule has 0 amide bonds. The van der Waals surface area contributed by atoms with E-state index in [-0.39, 0.29) is 0 Å². The van der Waals surface area contributed by atoms with Gasteiger partial charge in [-0.05, 0) is 13.3 Å². The highest BCUT2D eigenvalue weighted by Gasteiger charge is 2.04. The van der Waals surface area contributed by atoms with Crippen LogP contribution in [0.4, 0.5) is 0 Å². The van der Waals surface area contributed by atoms with Crippen LogP contribution >= 0.6 is 7.14 Å². The lowest BCUT2D eigenvalue weighted by Gasteiger charge is -1.99. The topological polar surface area (TPSA) is 34.1 Å². The van der Waals surface area contributed by atoms with Gasteiger partial charge < -0.3 is 4.57 Å². The highest BCUT2D eigenvalue weighted by molar-refractivity contribution is 7.62. The summed E-state index contributed by atoms with van der Waals surface area (Å²) in [5.41, 5.74) is 0. The van der Waals surface area contributed by atoms with E-state index in [1.807, 2.05) is 0 Å². The van der Waals surface area contributed by atoms with E-state index >= 15 is 0 Å². The first kappa shape index (κ1) is 7.90. The lowest BCUT2D eigenvalue weighted by Crippen LogP contribution is -1.85. The Morgan fingerprint density at radius 3 is 2.12 bits per heavy atom. The number of hydrogen-bond donors (Lipinski definition) is 0. The first-order valence-corrected chi connectivity index (χ1v) is 5.24. The summed E-state index contributed by atoms with van der Waals surface area (Å²) in [6, 6.07) is 0. The molecule has 0 spiro atoms. The van der Waals surface area contributed by atoms with E-state index in [9.17, 15) is 9.36 Å². The molecule has 0 aromatic carbocycles. The van der Waals surface area contributed by atoms with Crippen molar-refractivity contribution < 1.29 is 9.36 Å². The molecule has 8 heavy (non-hydrogen) atoms. The standard InChI is InChI=1S/C5H10O2P/c1-8(2,7)5-3-4-6/h3,5H2,1-2H3. The van der Waals surface area contributed by atoms with Crippen LogP contribution in [-0.4, -0.2) is 25.8 Å². The first-order chi connectivity index (χ1) is 3.56. The monoisotopic (exact) mass is 133 g/mol. The van der Waals surface area contributed by atoms with Gasteiger partial charge >= 0.3 is 0 Å². The van der Waals surface area contributed by atoms with Crippen LogP contribution in [0, 0.1) is 0 Å². The maximum absolute atomic E-state index is 10.8. The number of hydrogen-bond acceptors (Lipinski definition) is 2. The largest absolute Gasteiger partial charge is 0.324 e. The minimum absolute atomic E-state index is 0.310. The van der Waals surface area contributed by atoms with Gasteiger partial charge in [0.25, 0.3) is 0 Å². The molecule has 1 radical (unpaired) electrons. The molecule has 47 valence electrons. The SMILES string of the molecule is CP(C)(=O)CC[C]=O. The van der Waals surface area contributed by atoms with E-state index < -0.39 is 7.14 Å². The second kappa shape index (κ2) is 3.03. The summed E-state index contributed by atoms with van der Waals surface area (Å²) in [5.74, 6) is 0. The summed E-state index contributed by atoms with van der Waals surface area (Å²) in [6.45, 7) is 3.34. The molecule has 0 heterocycles. The van der Waals surface area contributed by atoms with Crippen molar-refractivity contribution in [2.24, 2.45) is 0 Å². The quantitative estimate of drug-likeness (QED) is 0.540. The molecule has 2 nitrogen and oxygen atoms in total. The molecule has 0 aliphatic heterocycles. The molecule has 0 aliphatic carbocycles. The van der Waals surface area contributed by atoms with E-state index in [4.69, 9.17) is 0 Å². The van der Waals surface area contributed by atoms with Crippen LogP contribution in [0.15, 0.2) is 0 Å². The van der Waals surface area contributed by atoms with Gasteiger partial charge in [-0.3, -0.25) is 4.79 Å². The van der Waals surface area contributed by atoms with Crippen LogP contribution in [0.1, 0.15) is 6.42 Å². The van der Waals surface area contributed by atoms with Crippen molar-refractivity contribution in [3.05, 3.63) is 0 Å². The fourth-order valence-corrected chi connectivity index (χ4v) is 0.945. The molecule has 0 saturated heterocycles. The third-order valence-corrected chi connectivity index (χ3v) is 2.05. The first-order valence-electron chi connectivity index (χ1n) is 2.45. The lowest BCUT2D eigenvalue weighted by molar-refractivity contribution is 0.551. The van der Waals surface area contributed by atoms with E-state index in [0.29, 0.717) is 12.6 Å². The van der Waals surface area contributed by atoms with Crippen LogP contribution in [0.2, 0.25) is 0 Å². The summed E-state index contributed by atoms with van der Waals surface area (Å²) >= 11 is 0. The van der Waals surface area contributed by atoms with Gasteiger partial charge in [-0.2, -0.15) is 0 Å². The van der Waals surface area contributed by atoms with E-state index in [0.717, 1.165) is 0 Å². The van der Waals surface area contributed by atoms with Crippen molar-refractivity contribution in [3.8, 4) is 0 Å². The molecule has 0 rings (SSSR count). The summed E-state index contributed by atoms with van der Waals surface area (Å²) in [6.07, 6.45) is 2.51. The van der Waals surface area contributed by atoms with Crippen molar-refractivity contribution in [1.82, 2.24) is 0 Å². The van der Waals surface area contributed by atoms with Crippen molar-refractivity contribution in [1.29, 1.82) is 0 Å². The smallest absolute Gasteiger partial charge is 0.198 e. The van der Waals surface area contributed by atoms with Crippen LogP contribution in [-0.2, 0) is 9.36 Å². The Morgan fingerprint density at radius 1 is 1.50 bits per heavy atom. The van der Waals surface area contributed by atoms with Crippen LogP contribution < -0.4 is 0 Å². The van der Waals surface area contributed by atoms with Crippen LogP contribution in [0.5, 0.6) is 0 Å². The second-order valence-electron chi connectivity index (χ2n) is 2.19. The molecular weight excluding hydrogens is 123 g/mol. The van der Waals surface area contributed by atoms with Crippen molar-refractivity contribution in [3.63, 3.8) is 0 Å². The third kappa shape index (κ3) is 5.90. The maximum atomic E-state index is 10.8. The molecule has 0 aromatic rings. The zero-order chi connectivity index (χ0) is 6.62. The summed E-state index contributed by atoms with van der Waals surface area (Å²) in [7, 11) is -1.94. The van der Waals surface area contributed by atoms with Gasteiger partial charge in [-0.25, -0.2) is 0 Å². The number of carbonyl (C=O) groups excluding carboxylic acids is 1. The Hall–Kier alpha value is -0.100. The van der Waals surface area contributed by atoms with Gasteiger partial charge in [0, 0.05) is 12.6 Å². The fraction of sp³-hybridized carbons (Fsp3) is 0.800. The Kier molecular flexibility index (Phi) is 2.99. The molecule has 0 bridgehead atoms. The van der Waals surface area contributed by atoms with Crippen LogP contribution in [0.3, 0.4) is 0 Å². The summed E-state index contributed by atoms with van der Waals surface area (Å²) in [4.78, 5) is 9.61. The van der Waals surface area contributed by atoms with Gasteiger partial charge in [0.05, 0.1) is 7.14 Å². The molecule has 0 unspecified atom stereocenters. The average Bonchev–Trinajstić information content (AvgIpc) is 1.59. The molecule has 0 N–H and O–H groups in total. The maximum Gasteiger partial charge on any atom is 0.198 e. The highest BCUT2D eigenvalue weighted by Crippen LogP contribution is 2.35. The molecule has 0 aliphatic rings. The van der Waals surface area contributed by atoms with E-state index in [1.165, 1.54) is 0 Å². The summed E-state index contributed by atoms with van der Waals surface area (Å²) < 4.78 is 10.8. The predicted octanol–water partition coefficient (Wildman–Crippen LogP) is 1.11. The van der Waals surface area contributed by atoms with Gasteiger partial charge in [0.1, 0.15) is 0 Å².